The van der Waals surface area contributed by atoms with Crippen molar-refractivity contribution in [1.29, 1.82) is 0 Å². The number of carbonyl (C=O) groups is 1. The van der Waals surface area contributed by atoms with Crippen LogP contribution < -0.4 is 4.74 Å². The SMILES string of the molecule is C=C1C[C@H]2Cc3nc(OC)ncc3[C@@](C(=O)OC)(C1)[C@@H]2O. The third-order valence-electron chi connectivity index (χ3n) is 4.55. The standard InChI is InChI=1S/C15H18N2O4/c1-8-4-9-5-11-10(7-16-14(17-11)21-3)15(6-8,12(9)18)13(19)20-2/h7,9,12,18H,1,4-6H2,2-3H3/t9-,12+,15-/m0/s1. The molecule has 3 rings (SSSR count). The van der Waals surface area contributed by atoms with Crippen LogP contribution in [0.4, 0.5) is 0 Å². The van der Waals surface area contributed by atoms with Crippen LogP contribution in [-0.4, -0.2) is 41.4 Å². The van der Waals surface area contributed by atoms with Crippen LogP contribution in [0.5, 0.6) is 6.01 Å². The Labute approximate surface area is 122 Å². The van der Waals surface area contributed by atoms with Crippen molar-refractivity contribution in [3.05, 3.63) is 29.6 Å². The molecule has 2 aliphatic rings. The molecule has 0 aromatic carbocycles. The van der Waals surface area contributed by atoms with Gasteiger partial charge in [0.1, 0.15) is 5.41 Å². The van der Waals surface area contributed by atoms with E-state index in [1.54, 1.807) is 6.20 Å². The number of ether oxygens (including phenoxy) is 2. The lowest BCUT2D eigenvalue weighted by molar-refractivity contribution is -0.157. The quantitative estimate of drug-likeness (QED) is 0.640. The van der Waals surface area contributed by atoms with Gasteiger partial charge in [0.2, 0.25) is 0 Å². The van der Waals surface area contributed by atoms with Crippen molar-refractivity contribution in [2.75, 3.05) is 14.2 Å². The Bertz CT molecular complexity index is 616. The molecule has 3 atom stereocenters. The number of fused-ring (bicyclic) bond motifs is 4. The number of nitrogens with zero attached hydrogens (tertiary/aromatic N) is 2. The summed E-state index contributed by atoms with van der Waals surface area (Å²) >= 11 is 0. The molecule has 1 saturated carbocycles. The van der Waals surface area contributed by atoms with Crippen LogP contribution in [0.2, 0.25) is 0 Å². The first-order valence-corrected chi connectivity index (χ1v) is 6.86. The van der Waals surface area contributed by atoms with Gasteiger partial charge in [-0.05, 0) is 25.2 Å². The van der Waals surface area contributed by atoms with E-state index in [9.17, 15) is 9.90 Å². The third kappa shape index (κ3) is 1.86. The molecule has 112 valence electrons. The van der Waals surface area contributed by atoms with E-state index in [1.165, 1.54) is 14.2 Å². The van der Waals surface area contributed by atoms with Gasteiger partial charge in [-0.25, -0.2) is 4.98 Å². The van der Waals surface area contributed by atoms with Crippen LogP contribution in [0, 0.1) is 5.92 Å². The number of esters is 1. The van der Waals surface area contributed by atoms with Crippen LogP contribution in [0.3, 0.4) is 0 Å². The number of carbonyl (C=O) groups excluding carboxylic acids is 1. The largest absolute Gasteiger partial charge is 0.468 e. The number of aliphatic hydroxyl groups excluding tert-OH is 1. The summed E-state index contributed by atoms with van der Waals surface area (Å²) in [5.74, 6) is -0.548. The normalized spacial score (nSPS) is 30.5. The minimum absolute atomic E-state index is 0.0857. The van der Waals surface area contributed by atoms with E-state index in [-0.39, 0.29) is 11.9 Å². The van der Waals surface area contributed by atoms with E-state index in [0.29, 0.717) is 24.8 Å². The molecule has 0 radical (unpaired) electrons. The monoisotopic (exact) mass is 290 g/mol. The molecule has 1 aromatic rings. The molecular formula is C15H18N2O4. The topological polar surface area (TPSA) is 81.5 Å². The zero-order valence-electron chi connectivity index (χ0n) is 12.1. The average molecular weight is 290 g/mol. The number of aromatic nitrogens is 2. The zero-order valence-corrected chi connectivity index (χ0v) is 12.1. The first-order valence-electron chi connectivity index (χ1n) is 6.86. The second-order valence-electron chi connectivity index (χ2n) is 5.72. The second-order valence-corrected chi connectivity index (χ2v) is 5.72. The fourth-order valence-corrected chi connectivity index (χ4v) is 3.65. The van der Waals surface area contributed by atoms with E-state index >= 15 is 0 Å². The van der Waals surface area contributed by atoms with Gasteiger partial charge in [0.05, 0.1) is 26.0 Å². The summed E-state index contributed by atoms with van der Waals surface area (Å²) in [6.45, 7) is 4.02. The fraction of sp³-hybridized carbons (Fsp3) is 0.533. The van der Waals surface area contributed by atoms with Crippen molar-refractivity contribution in [2.24, 2.45) is 5.92 Å². The van der Waals surface area contributed by atoms with Gasteiger partial charge in [0, 0.05) is 11.8 Å². The van der Waals surface area contributed by atoms with Crippen LogP contribution in [0.25, 0.3) is 0 Å². The van der Waals surface area contributed by atoms with E-state index in [2.05, 4.69) is 16.5 Å². The lowest BCUT2D eigenvalue weighted by Crippen LogP contribution is -2.57. The van der Waals surface area contributed by atoms with Gasteiger partial charge in [-0.1, -0.05) is 12.2 Å². The number of hydrogen-bond donors (Lipinski definition) is 1. The van der Waals surface area contributed by atoms with Gasteiger partial charge < -0.3 is 14.6 Å². The van der Waals surface area contributed by atoms with Crippen molar-refractivity contribution in [2.45, 2.75) is 30.8 Å². The van der Waals surface area contributed by atoms with Crippen LogP contribution in [-0.2, 0) is 21.4 Å². The summed E-state index contributed by atoms with van der Waals surface area (Å²) in [5.41, 5.74) is 1.17. The molecule has 0 amide bonds. The lowest BCUT2D eigenvalue weighted by Gasteiger charge is -2.48. The highest BCUT2D eigenvalue weighted by Gasteiger charge is 2.57. The highest BCUT2D eigenvalue weighted by atomic mass is 16.5. The first-order chi connectivity index (χ1) is 10.0. The minimum Gasteiger partial charge on any atom is -0.468 e. The van der Waals surface area contributed by atoms with Gasteiger partial charge in [-0.15, -0.1) is 0 Å². The molecule has 0 unspecified atom stereocenters. The van der Waals surface area contributed by atoms with Crippen molar-refractivity contribution in [3.8, 4) is 6.01 Å². The van der Waals surface area contributed by atoms with Gasteiger partial charge in [0.25, 0.3) is 0 Å². The Balaban J connectivity index is 2.22. The van der Waals surface area contributed by atoms with E-state index in [1.807, 2.05) is 0 Å². The Kier molecular flexibility index (Phi) is 3.20. The van der Waals surface area contributed by atoms with E-state index in [0.717, 1.165) is 11.3 Å². The zero-order chi connectivity index (χ0) is 15.2. The Morgan fingerprint density at radius 3 is 2.90 bits per heavy atom. The van der Waals surface area contributed by atoms with E-state index < -0.39 is 17.5 Å². The van der Waals surface area contributed by atoms with Crippen molar-refractivity contribution >= 4 is 5.97 Å². The minimum atomic E-state index is -1.14. The number of hydrogen-bond acceptors (Lipinski definition) is 6. The predicted octanol–water partition coefficient (Wildman–Crippen LogP) is 0.779. The highest BCUT2D eigenvalue weighted by Crippen LogP contribution is 2.50. The maximum atomic E-state index is 12.5. The summed E-state index contributed by atoms with van der Waals surface area (Å²) in [7, 11) is 2.83. The maximum absolute atomic E-state index is 12.5. The molecule has 0 aliphatic heterocycles. The third-order valence-corrected chi connectivity index (χ3v) is 4.55. The molecule has 21 heavy (non-hydrogen) atoms. The molecule has 6 heteroatoms. The molecule has 0 spiro atoms. The van der Waals surface area contributed by atoms with Gasteiger partial charge in [-0.2, -0.15) is 4.98 Å². The summed E-state index contributed by atoms with van der Waals surface area (Å²) in [6, 6.07) is 0.266. The van der Waals surface area contributed by atoms with Crippen LogP contribution in [0.1, 0.15) is 24.1 Å². The summed E-state index contributed by atoms with van der Waals surface area (Å²) < 4.78 is 10.0. The molecular weight excluding hydrogens is 272 g/mol. The van der Waals surface area contributed by atoms with Gasteiger partial charge in [0.15, 0.2) is 0 Å². The van der Waals surface area contributed by atoms with Crippen molar-refractivity contribution in [1.82, 2.24) is 9.97 Å². The van der Waals surface area contributed by atoms with Gasteiger partial charge >= 0.3 is 12.0 Å². The molecule has 1 N–H and O–H groups in total. The van der Waals surface area contributed by atoms with E-state index in [4.69, 9.17) is 9.47 Å². The van der Waals surface area contributed by atoms with Crippen molar-refractivity contribution in [3.63, 3.8) is 0 Å². The second kappa shape index (κ2) is 4.80. The van der Waals surface area contributed by atoms with Crippen LogP contribution in [0.15, 0.2) is 18.3 Å². The molecule has 1 heterocycles. The molecule has 1 aromatic heterocycles. The number of aliphatic hydroxyl groups is 1. The van der Waals surface area contributed by atoms with Crippen molar-refractivity contribution < 1.29 is 19.4 Å². The molecule has 6 nitrogen and oxygen atoms in total. The number of methoxy groups -OCH3 is 2. The van der Waals surface area contributed by atoms with Crippen LogP contribution >= 0.6 is 0 Å². The summed E-state index contributed by atoms with van der Waals surface area (Å²) in [4.78, 5) is 20.9. The Hall–Kier alpha value is -1.95. The molecule has 2 aliphatic carbocycles. The average Bonchev–Trinajstić information content (AvgIpc) is 2.48. The lowest BCUT2D eigenvalue weighted by atomic mass is 9.57. The predicted molar refractivity (Wildman–Crippen MR) is 73.9 cm³/mol. The molecule has 2 bridgehead atoms. The van der Waals surface area contributed by atoms with Gasteiger partial charge in [-0.3, -0.25) is 4.79 Å². The maximum Gasteiger partial charge on any atom is 0.319 e. The Morgan fingerprint density at radius 1 is 1.48 bits per heavy atom. The smallest absolute Gasteiger partial charge is 0.319 e. The Morgan fingerprint density at radius 2 is 2.24 bits per heavy atom. The summed E-state index contributed by atoms with van der Waals surface area (Å²) in [5, 5.41) is 10.7. The first kappa shape index (κ1) is 14.0. The highest BCUT2D eigenvalue weighted by molar-refractivity contribution is 5.85. The number of rotatable bonds is 2. The fourth-order valence-electron chi connectivity index (χ4n) is 3.65. The molecule has 0 saturated heterocycles. The summed E-state index contributed by atoms with van der Waals surface area (Å²) in [6.07, 6.45) is 2.38. The molecule has 1 fully saturated rings. The number of allylic oxidation sites excluding steroid dienone is 1.